The van der Waals surface area contributed by atoms with E-state index in [1.807, 2.05) is 26.0 Å². The minimum Gasteiger partial charge on any atom is -0.335 e. The number of hydrogen-bond donors (Lipinski definition) is 0. The second kappa shape index (κ2) is 7.80. The molecule has 2 aromatic rings. The lowest BCUT2D eigenvalue weighted by molar-refractivity contribution is -0.384. The molecule has 2 amide bonds. The standard InChI is InChI=1S/C21H23N3O4/c1-4-20(25)23-11-10-16-12-17(8-9-19(16)23)21(26)22(3)14(2)15-6-5-7-18(13-15)24(27)28/h5-9,12-14H,4,10-11H2,1-3H3. The van der Waals surface area contributed by atoms with E-state index in [4.69, 9.17) is 0 Å². The van der Waals surface area contributed by atoms with Crippen LogP contribution in [0, 0.1) is 10.1 Å². The molecule has 0 saturated carbocycles. The van der Waals surface area contributed by atoms with Crippen molar-refractivity contribution >= 4 is 23.2 Å². The third-order valence-electron chi connectivity index (χ3n) is 5.29. The van der Waals surface area contributed by atoms with Crippen LogP contribution in [0.5, 0.6) is 0 Å². The molecule has 0 radical (unpaired) electrons. The quantitative estimate of drug-likeness (QED) is 0.584. The average molecular weight is 381 g/mol. The molecule has 0 aromatic heterocycles. The Morgan fingerprint density at radius 1 is 1.25 bits per heavy atom. The maximum absolute atomic E-state index is 13.0. The molecular weight excluding hydrogens is 358 g/mol. The zero-order valence-electron chi connectivity index (χ0n) is 16.2. The van der Waals surface area contributed by atoms with Crippen LogP contribution in [0.2, 0.25) is 0 Å². The van der Waals surface area contributed by atoms with E-state index in [2.05, 4.69) is 0 Å². The van der Waals surface area contributed by atoms with Gasteiger partial charge in [-0.15, -0.1) is 0 Å². The smallest absolute Gasteiger partial charge is 0.269 e. The second-order valence-electron chi connectivity index (χ2n) is 6.94. The Morgan fingerprint density at radius 3 is 2.68 bits per heavy atom. The molecule has 1 aliphatic heterocycles. The fourth-order valence-electron chi connectivity index (χ4n) is 3.49. The predicted molar refractivity (Wildman–Crippen MR) is 106 cm³/mol. The minimum atomic E-state index is -0.443. The van der Waals surface area contributed by atoms with Gasteiger partial charge in [0.25, 0.3) is 11.6 Å². The fourth-order valence-corrected chi connectivity index (χ4v) is 3.49. The summed E-state index contributed by atoms with van der Waals surface area (Å²) in [6.07, 6.45) is 1.18. The van der Waals surface area contributed by atoms with Crippen molar-refractivity contribution < 1.29 is 14.5 Å². The van der Waals surface area contributed by atoms with Gasteiger partial charge in [0.15, 0.2) is 0 Å². The monoisotopic (exact) mass is 381 g/mol. The Bertz CT molecular complexity index is 941. The maximum Gasteiger partial charge on any atom is 0.269 e. The first kappa shape index (κ1) is 19.5. The Labute approximate surface area is 163 Å². The molecule has 2 aromatic carbocycles. The van der Waals surface area contributed by atoms with Gasteiger partial charge < -0.3 is 9.80 Å². The van der Waals surface area contributed by atoms with Crippen LogP contribution < -0.4 is 4.90 Å². The topological polar surface area (TPSA) is 83.8 Å². The minimum absolute atomic E-state index is 0.00316. The third-order valence-corrected chi connectivity index (χ3v) is 5.29. The van der Waals surface area contributed by atoms with Crippen molar-refractivity contribution in [3.63, 3.8) is 0 Å². The Kier molecular flexibility index (Phi) is 5.44. The molecule has 3 rings (SSSR count). The molecule has 1 aliphatic rings. The summed E-state index contributed by atoms with van der Waals surface area (Å²) >= 11 is 0. The van der Waals surface area contributed by atoms with Crippen LogP contribution in [0.3, 0.4) is 0 Å². The first-order valence-corrected chi connectivity index (χ1v) is 9.28. The number of non-ortho nitro benzene ring substituents is 1. The van der Waals surface area contributed by atoms with Gasteiger partial charge in [-0.3, -0.25) is 19.7 Å². The van der Waals surface area contributed by atoms with Crippen LogP contribution >= 0.6 is 0 Å². The molecule has 1 atom stereocenters. The molecular formula is C21H23N3O4. The largest absolute Gasteiger partial charge is 0.335 e. The van der Waals surface area contributed by atoms with Gasteiger partial charge in [0, 0.05) is 43.4 Å². The summed E-state index contributed by atoms with van der Waals surface area (Å²) in [5.74, 6) is -0.0867. The Hall–Kier alpha value is -3.22. The highest BCUT2D eigenvalue weighted by Crippen LogP contribution is 2.31. The molecule has 1 heterocycles. The maximum atomic E-state index is 13.0. The number of carbonyl (C=O) groups excluding carboxylic acids is 2. The first-order valence-electron chi connectivity index (χ1n) is 9.28. The van der Waals surface area contributed by atoms with Crippen molar-refractivity contribution in [1.29, 1.82) is 0 Å². The van der Waals surface area contributed by atoms with E-state index in [0.717, 1.165) is 17.7 Å². The first-order chi connectivity index (χ1) is 13.3. The number of fused-ring (bicyclic) bond motifs is 1. The van der Waals surface area contributed by atoms with Gasteiger partial charge in [0.1, 0.15) is 0 Å². The van der Waals surface area contributed by atoms with Crippen molar-refractivity contribution in [1.82, 2.24) is 4.90 Å². The van der Waals surface area contributed by atoms with Crippen molar-refractivity contribution in [2.45, 2.75) is 32.7 Å². The van der Waals surface area contributed by atoms with Crippen molar-refractivity contribution in [3.05, 3.63) is 69.3 Å². The highest BCUT2D eigenvalue weighted by Gasteiger charge is 2.26. The van der Waals surface area contributed by atoms with Gasteiger partial charge in [0.05, 0.1) is 11.0 Å². The van der Waals surface area contributed by atoms with Crippen LogP contribution in [-0.4, -0.2) is 35.2 Å². The van der Waals surface area contributed by atoms with Crippen molar-refractivity contribution in [2.75, 3.05) is 18.5 Å². The van der Waals surface area contributed by atoms with Crippen LogP contribution in [0.4, 0.5) is 11.4 Å². The molecule has 0 spiro atoms. The number of amides is 2. The van der Waals surface area contributed by atoms with E-state index in [0.29, 0.717) is 24.1 Å². The molecule has 0 aliphatic carbocycles. The molecule has 0 fully saturated rings. The van der Waals surface area contributed by atoms with Crippen molar-refractivity contribution in [2.24, 2.45) is 0 Å². The molecule has 0 bridgehead atoms. The van der Waals surface area contributed by atoms with Crippen molar-refractivity contribution in [3.8, 4) is 0 Å². The average Bonchev–Trinajstić information content (AvgIpc) is 3.14. The van der Waals surface area contributed by atoms with Gasteiger partial charge in [0.2, 0.25) is 5.91 Å². The number of nitrogens with zero attached hydrogens (tertiary/aromatic N) is 3. The van der Waals surface area contributed by atoms with Gasteiger partial charge in [-0.1, -0.05) is 19.1 Å². The van der Waals surface area contributed by atoms with Gasteiger partial charge in [-0.05, 0) is 42.7 Å². The highest BCUT2D eigenvalue weighted by atomic mass is 16.6. The summed E-state index contributed by atoms with van der Waals surface area (Å²) < 4.78 is 0. The summed E-state index contributed by atoms with van der Waals surface area (Å²) in [4.78, 5) is 38.9. The summed E-state index contributed by atoms with van der Waals surface area (Å²) in [5, 5.41) is 11.0. The van der Waals surface area contributed by atoms with Crippen LogP contribution in [0.15, 0.2) is 42.5 Å². The van der Waals surface area contributed by atoms with Gasteiger partial charge in [-0.2, -0.15) is 0 Å². The summed E-state index contributed by atoms with van der Waals surface area (Å²) in [6, 6.07) is 11.4. The third kappa shape index (κ3) is 3.60. The summed E-state index contributed by atoms with van der Waals surface area (Å²) in [5.41, 5.74) is 3.11. The molecule has 0 N–H and O–H groups in total. The molecule has 7 nitrogen and oxygen atoms in total. The number of nitro groups is 1. The van der Waals surface area contributed by atoms with E-state index in [9.17, 15) is 19.7 Å². The van der Waals surface area contributed by atoms with E-state index in [1.165, 1.54) is 12.1 Å². The lowest BCUT2D eigenvalue weighted by atomic mass is 10.0. The Balaban J connectivity index is 1.81. The number of rotatable bonds is 5. The molecule has 7 heteroatoms. The fraction of sp³-hybridized carbons (Fsp3) is 0.333. The van der Waals surface area contributed by atoms with Gasteiger partial charge >= 0.3 is 0 Å². The zero-order chi connectivity index (χ0) is 20.4. The summed E-state index contributed by atoms with van der Waals surface area (Å²) in [7, 11) is 1.69. The van der Waals surface area contributed by atoms with Crippen LogP contribution in [0.25, 0.3) is 0 Å². The lowest BCUT2D eigenvalue weighted by Gasteiger charge is -2.25. The van der Waals surface area contributed by atoms with E-state index < -0.39 is 4.92 Å². The SMILES string of the molecule is CCC(=O)N1CCc2cc(C(=O)N(C)C(C)c3cccc([N+](=O)[O-])c3)ccc21. The molecule has 0 saturated heterocycles. The predicted octanol–water partition coefficient (Wildman–Crippen LogP) is 3.73. The zero-order valence-corrected chi connectivity index (χ0v) is 16.2. The second-order valence-corrected chi connectivity index (χ2v) is 6.94. The number of hydrogen-bond acceptors (Lipinski definition) is 4. The van der Waals surface area contributed by atoms with E-state index >= 15 is 0 Å². The van der Waals surface area contributed by atoms with Crippen LogP contribution in [0.1, 0.15) is 47.8 Å². The van der Waals surface area contributed by atoms with Crippen LogP contribution in [-0.2, 0) is 11.2 Å². The van der Waals surface area contributed by atoms with E-state index in [-0.39, 0.29) is 23.5 Å². The molecule has 146 valence electrons. The normalized spacial score (nSPS) is 13.8. The van der Waals surface area contributed by atoms with E-state index in [1.54, 1.807) is 35.0 Å². The van der Waals surface area contributed by atoms with Gasteiger partial charge in [-0.25, -0.2) is 0 Å². The highest BCUT2D eigenvalue weighted by molar-refractivity contribution is 5.98. The molecule has 1 unspecified atom stereocenters. The number of carbonyl (C=O) groups is 2. The number of nitro benzene ring substituents is 1. The summed E-state index contributed by atoms with van der Waals surface area (Å²) in [6.45, 7) is 4.31. The Morgan fingerprint density at radius 2 is 2.00 bits per heavy atom. The number of benzene rings is 2. The lowest BCUT2D eigenvalue weighted by Crippen LogP contribution is -2.30. The molecule has 28 heavy (non-hydrogen) atoms. The number of anilines is 1.